The van der Waals surface area contributed by atoms with E-state index < -0.39 is 5.91 Å². The molecule has 1 aromatic rings. The number of carbonyl (C=O) groups is 2. The number of amides is 2. The molecule has 0 saturated heterocycles. The van der Waals surface area contributed by atoms with Crippen LogP contribution in [0, 0.1) is 0 Å². The molecule has 2 rings (SSSR count). The zero-order valence-electron chi connectivity index (χ0n) is 12.3. The van der Waals surface area contributed by atoms with E-state index in [1.54, 1.807) is 36.0 Å². The van der Waals surface area contributed by atoms with Gasteiger partial charge in [0.2, 0.25) is 11.8 Å². The van der Waals surface area contributed by atoms with Crippen LogP contribution < -0.4 is 11.1 Å². The van der Waals surface area contributed by atoms with Gasteiger partial charge in [0.25, 0.3) is 0 Å². The summed E-state index contributed by atoms with van der Waals surface area (Å²) in [5.74, 6) is -0.452. The molecule has 114 valence electrons. The monoisotopic (exact) mass is 306 g/mol. The van der Waals surface area contributed by atoms with Crippen molar-refractivity contribution >= 4 is 29.3 Å². The van der Waals surface area contributed by atoms with Gasteiger partial charge >= 0.3 is 0 Å². The van der Waals surface area contributed by atoms with Gasteiger partial charge in [-0.25, -0.2) is 0 Å². The highest BCUT2D eigenvalue weighted by molar-refractivity contribution is 8.01. The Labute approximate surface area is 129 Å². The van der Waals surface area contributed by atoms with Crippen molar-refractivity contribution in [2.24, 2.45) is 5.73 Å². The molecule has 1 aromatic carbocycles. The summed E-state index contributed by atoms with van der Waals surface area (Å²) in [4.78, 5) is 23.2. The first kappa shape index (κ1) is 15.9. The Hall–Kier alpha value is -1.49. The van der Waals surface area contributed by atoms with Crippen LogP contribution in [-0.4, -0.2) is 22.3 Å². The van der Waals surface area contributed by atoms with Gasteiger partial charge in [-0.2, -0.15) is 0 Å². The second-order valence-corrected chi connectivity index (χ2v) is 7.12. The third-order valence-electron chi connectivity index (χ3n) is 3.75. The largest absolute Gasteiger partial charge is 0.366 e. The molecule has 0 heterocycles. The predicted molar refractivity (Wildman–Crippen MR) is 87.5 cm³/mol. The zero-order valence-corrected chi connectivity index (χ0v) is 13.1. The van der Waals surface area contributed by atoms with Crippen LogP contribution in [0.25, 0.3) is 0 Å². The zero-order chi connectivity index (χ0) is 15.2. The van der Waals surface area contributed by atoms with Gasteiger partial charge < -0.3 is 11.1 Å². The van der Waals surface area contributed by atoms with Crippen molar-refractivity contribution in [2.75, 3.05) is 5.32 Å². The van der Waals surface area contributed by atoms with E-state index in [-0.39, 0.29) is 11.2 Å². The summed E-state index contributed by atoms with van der Waals surface area (Å²) in [7, 11) is 0. The molecule has 1 fully saturated rings. The van der Waals surface area contributed by atoms with E-state index in [0.29, 0.717) is 16.5 Å². The molecule has 1 atom stereocenters. The van der Waals surface area contributed by atoms with Gasteiger partial charge in [0.1, 0.15) is 0 Å². The molecule has 21 heavy (non-hydrogen) atoms. The summed E-state index contributed by atoms with van der Waals surface area (Å²) in [5, 5.41) is 3.43. The van der Waals surface area contributed by atoms with Crippen molar-refractivity contribution in [1.82, 2.24) is 0 Å². The van der Waals surface area contributed by atoms with Crippen LogP contribution in [-0.2, 0) is 4.79 Å². The molecule has 0 aromatic heterocycles. The van der Waals surface area contributed by atoms with Crippen LogP contribution >= 0.6 is 11.8 Å². The third-order valence-corrected chi connectivity index (χ3v) is 5.23. The molecule has 4 nitrogen and oxygen atoms in total. The molecule has 2 amide bonds. The molecular weight excluding hydrogens is 284 g/mol. The fourth-order valence-electron chi connectivity index (χ4n) is 2.51. The van der Waals surface area contributed by atoms with Crippen LogP contribution in [0.4, 0.5) is 5.69 Å². The lowest BCUT2D eigenvalue weighted by Crippen LogP contribution is -2.25. The maximum atomic E-state index is 12.2. The highest BCUT2D eigenvalue weighted by Crippen LogP contribution is 2.31. The van der Waals surface area contributed by atoms with Gasteiger partial charge in [-0.3, -0.25) is 9.59 Å². The Bertz CT molecular complexity index is 496. The number of benzene rings is 1. The van der Waals surface area contributed by atoms with Gasteiger partial charge in [-0.15, -0.1) is 11.8 Å². The normalized spacial score (nSPS) is 17.2. The van der Waals surface area contributed by atoms with Crippen LogP contribution in [0.3, 0.4) is 0 Å². The first-order valence-corrected chi connectivity index (χ1v) is 8.37. The molecule has 1 aliphatic rings. The fraction of sp³-hybridized carbons (Fsp3) is 0.500. The second-order valence-electron chi connectivity index (χ2n) is 5.47. The smallest absolute Gasteiger partial charge is 0.248 e. The molecule has 1 unspecified atom stereocenters. The SMILES string of the molecule is CC(SC1CCCCC1)C(=O)Nc1ccc(C(N)=O)cc1. The quantitative estimate of drug-likeness (QED) is 0.877. The average Bonchev–Trinajstić information content (AvgIpc) is 2.48. The molecule has 5 heteroatoms. The van der Waals surface area contributed by atoms with Gasteiger partial charge in [0.05, 0.1) is 5.25 Å². The van der Waals surface area contributed by atoms with E-state index >= 15 is 0 Å². The van der Waals surface area contributed by atoms with Gasteiger partial charge in [-0.1, -0.05) is 19.3 Å². The van der Waals surface area contributed by atoms with Crippen LogP contribution in [0.2, 0.25) is 0 Å². The average molecular weight is 306 g/mol. The lowest BCUT2D eigenvalue weighted by Gasteiger charge is -2.23. The molecule has 1 aliphatic carbocycles. The number of nitrogens with two attached hydrogens (primary N) is 1. The van der Waals surface area contributed by atoms with Crippen molar-refractivity contribution in [3.8, 4) is 0 Å². The predicted octanol–water partition coefficient (Wildman–Crippen LogP) is 3.18. The Kier molecular flexibility index (Phi) is 5.67. The minimum absolute atomic E-state index is 0.0115. The van der Waals surface area contributed by atoms with E-state index in [1.165, 1.54) is 32.1 Å². The summed E-state index contributed by atoms with van der Waals surface area (Å²) in [6, 6.07) is 6.65. The minimum Gasteiger partial charge on any atom is -0.366 e. The highest BCUT2D eigenvalue weighted by Gasteiger charge is 2.21. The maximum Gasteiger partial charge on any atom is 0.248 e. The minimum atomic E-state index is -0.464. The highest BCUT2D eigenvalue weighted by atomic mass is 32.2. The van der Waals surface area contributed by atoms with Crippen molar-refractivity contribution < 1.29 is 9.59 Å². The van der Waals surface area contributed by atoms with Crippen LogP contribution in [0.15, 0.2) is 24.3 Å². The number of primary amides is 1. The summed E-state index contributed by atoms with van der Waals surface area (Å²) in [5.41, 5.74) is 6.33. The Morgan fingerprint density at radius 2 is 1.81 bits per heavy atom. The van der Waals surface area contributed by atoms with Crippen molar-refractivity contribution in [3.05, 3.63) is 29.8 Å². The standard InChI is InChI=1S/C16H22N2O2S/c1-11(21-14-5-3-2-4-6-14)16(20)18-13-9-7-12(8-10-13)15(17)19/h7-11,14H,2-6H2,1H3,(H2,17,19)(H,18,20). The molecule has 1 saturated carbocycles. The lowest BCUT2D eigenvalue weighted by molar-refractivity contribution is -0.115. The van der Waals surface area contributed by atoms with Gasteiger partial charge in [-0.05, 0) is 44.0 Å². The van der Waals surface area contributed by atoms with Crippen LogP contribution in [0.5, 0.6) is 0 Å². The fourth-order valence-corrected chi connectivity index (χ4v) is 3.88. The number of hydrogen-bond acceptors (Lipinski definition) is 3. The summed E-state index contributed by atoms with van der Waals surface area (Å²) in [6.45, 7) is 1.95. The van der Waals surface area contributed by atoms with Crippen LogP contribution in [0.1, 0.15) is 49.4 Å². The molecule has 0 bridgehead atoms. The molecule has 0 spiro atoms. The topological polar surface area (TPSA) is 72.2 Å². The number of rotatable bonds is 5. The van der Waals surface area contributed by atoms with E-state index in [2.05, 4.69) is 5.32 Å². The molecule has 0 aliphatic heterocycles. The van der Waals surface area contributed by atoms with Crippen molar-refractivity contribution in [2.45, 2.75) is 49.5 Å². The Morgan fingerprint density at radius 3 is 2.38 bits per heavy atom. The number of hydrogen-bond donors (Lipinski definition) is 2. The molecule has 0 radical (unpaired) electrons. The van der Waals surface area contributed by atoms with E-state index in [4.69, 9.17) is 5.73 Å². The second kappa shape index (κ2) is 7.50. The number of nitrogens with one attached hydrogen (secondary N) is 1. The number of carbonyl (C=O) groups excluding carboxylic acids is 2. The van der Waals surface area contributed by atoms with E-state index in [9.17, 15) is 9.59 Å². The molecule has 3 N–H and O–H groups in total. The Morgan fingerprint density at radius 1 is 1.19 bits per heavy atom. The van der Waals surface area contributed by atoms with E-state index in [0.717, 1.165) is 0 Å². The Balaban J connectivity index is 1.86. The first-order valence-electron chi connectivity index (χ1n) is 7.42. The molecular formula is C16H22N2O2S. The maximum absolute atomic E-state index is 12.2. The number of anilines is 1. The van der Waals surface area contributed by atoms with Crippen molar-refractivity contribution in [3.63, 3.8) is 0 Å². The van der Waals surface area contributed by atoms with Crippen molar-refractivity contribution in [1.29, 1.82) is 0 Å². The number of thioether (sulfide) groups is 1. The lowest BCUT2D eigenvalue weighted by atomic mass is 10.0. The van der Waals surface area contributed by atoms with Gasteiger partial charge in [0.15, 0.2) is 0 Å². The van der Waals surface area contributed by atoms with Gasteiger partial charge in [0, 0.05) is 16.5 Å². The summed E-state index contributed by atoms with van der Waals surface area (Å²) < 4.78 is 0. The first-order chi connectivity index (χ1) is 10.1. The summed E-state index contributed by atoms with van der Waals surface area (Å²) in [6.07, 6.45) is 6.32. The third kappa shape index (κ3) is 4.77. The van der Waals surface area contributed by atoms with E-state index in [1.807, 2.05) is 6.92 Å². The summed E-state index contributed by atoms with van der Waals surface area (Å²) >= 11 is 1.77.